The first-order valence-electron chi connectivity index (χ1n) is 15.6. The summed E-state index contributed by atoms with van der Waals surface area (Å²) in [5.74, 6) is 1.39. The van der Waals surface area contributed by atoms with Crippen LogP contribution >= 0.6 is 0 Å². The number of aromatic nitrogens is 1. The van der Waals surface area contributed by atoms with Crippen molar-refractivity contribution in [2.45, 2.75) is 80.1 Å². The zero-order chi connectivity index (χ0) is 31.4. The Labute approximate surface area is 256 Å². The summed E-state index contributed by atoms with van der Waals surface area (Å²) in [4.78, 5) is 10.3. The van der Waals surface area contributed by atoms with Crippen LogP contribution in [-0.4, -0.2) is 36.9 Å². The molecule has 0 aliphatic rings. The summed E-state index contributed by atoms with van der Waals surface area (Å²) in [5.41, 5.74) is 11.9. The Morgan fingerprint density at radius 1 is 0.833 bits per heavy atom. The standard InChI is InChI=1S/C22H25N.C16H27N.CH2O/c1-6-18-10-13-22-21(14-18)20(7-2)17(5)23(22)16(4)19-11-8-15(3)9-12-19;1-6-14-9-8-10-15(11-14)16(7-2)13(3)12-17(4)5;1-2/h8-14H,4,6-7H2,1-3,5H3;8-11,13,16H,6-7,12H2,1-5H3;1H2/t;13?,16-;/m.0./s1. The summed E-state index contributed by atoms with van der Waals surface area (Å²) in [5, 5.41) is 1.37. The van der Waals surface area contributed by atoms with Gasteiger partial charge in [-0.1, -0.05) is 101 Å². The lowest BCUT2D eigenvalue weighted by Gasteiger charge is -2.26. The van der Waals surface area contributed by atoms with Crippen molar-refractivity contribution < 1.29 is 4.79 Å². The molecule has 0 N–H and O–H groups in total. The van der Waals surface area contributed by atoms with E-state index in [0.29, 0.717) is 11.8 Å². The molecule has 1 aromatic heterocycles. The van der Waals surface area contributed by atoms with E-state index < -0.39 is 0 Å². The maximum Gasteiger partial charge on any atom is 0.106 e. The van der Waals surface area contributed by atoms with Crippen LogP contribution in [0.2, 0.25) is 0 Å². The number of rotatable bonds is 10. The minimum atomic E-state index is 0.684. The molecule has 4 rings (SSSR count). The zero-order valence-electron chi connectivity index (χ0n) is 27.8. The van der Waals surface area contributed by atoms with Crippen LogP contribution in [0.4, 0.5) is 0 Å². The largest absolute Gasteiger partial charge is 0.314 e. The molecule has 0 bridgehead atoms. The van der Waals surface area contributed by atoms with Crippen LogP contribution in [0.1, 0.15) is 86.0 Å². The van der Waals surface area contributed by atoms with Gasteiger partial charge in [-0.25, -0.2) is 0 Å². The molecular weight excluding hydrogens is 512 g/mol. The van der Waals surface area contributed by atoms with Crippen molar-refractivity contribution in [1.82, 2.24) is 9.47 Å². The molecule has 0 aliphatic carbocycles. The highest BCUT2D eigenvalue weighted by atomic mass is 16.1. The van der Waals surface area contributed by atoms with Crippen LogP contribution in [0, 0.1) is 19.8 Å². The molecule has 0 saturated carbocycles. The molecular formula is C39H54N2O. The molecule has 3 nitrogen and oxygen atoms in total. The predicted octanol–water partition coefficient (Wildman–Crippen LogP) is 9.66. The number of fused-ring (bicyclic) bond motifs is 1. The molecule has 1 heterocycles. The lowest BCUT2D eigenvalue weighted by molar-refractivity contribution is -0.0980. The maximum absolute atomic E-state index is 8.00. The Hall–Kier alpha value is -3.43. The molecule has 0 radical (unpaired) electrons. The van der Waals surface area contributed by atoms with Gasteiger partial charge in [0.05, 0.1) is 5.52 Å². The number of hydrogen-bond donors (Lipinski definition) is 0. The molecule has 1 unspecified atom stereocenters. The van der Waals surface area contributed by atoms with Gasteiger partial charge in [0.25, 0.3) is 0 Å². The van der Waals surface area contributed by atoms with Crippen molar-refractivity contribution in [1.29, 1.82) is 0 Å². The molecule has 3 aromatic carbocycles. The Morgan fingerprint density at radius 2 is 1.45 bits per heavy atom. The van der Waals surface area contributed by atoms with Gasteiger partial charge in [-0.3, -0.25) is 0 Å². The Bertz CT molecular complexity index is 1410. The van der Waals surface area contributed by atoms with Gasteiger partial charge < -0.3 is 14.3 Å². The summed E-state index contributed by atoms with van der Waals surface area (Å²) in [6.45, 7) is 23.2. The smallest absolute Gasteiger partial charge is 0.106 e. The summed E-state index contributed by atoms with van der Waals surface area (Å²) >= 11 is 0. The minimum Gasteiger partial charge on any atom is -0.314 e. The van der Waals surface area contributed by atoms with E-state index in [9.17, 15) is 0 Å². The first kappa shape index (κ1) is 34.8. The minimum absolute atomic E-state index is 0.684. The molecule has 0 saturated heterocycles. The van der Waals surface area contributed by atoms with E-state index in [-0.39, 0.29) is 0 Å². The van der Waals surface area contributed by atoms with E-state index in [1.807, 2.05) is 6.79 Å². The van der Waals surface area contributed by atoms with E-state index in [1.165, 1.54) is 56.4 Å². The van der Waals surface area contributed by atoms with E-state index in [0.717, 1.165) is 31.5 Å². The fraction of sp³-hybridized carbons (Fsp3) is 0.410. The van der Waals surface area contributed by atoms with Gasteiger partial charge >= 0.3 is 0 Å². The number of carbonyl (C=O) groups is 1. The molecule has 226 valence electrons. The van der Waals surface area contributed by atoms with Crippen LogP contribution in [0.15, 0.2) is 73.3 Å². The third kappa shape index (κ3) is 8.55. The second-order valence-corrected chi connectivity index (χ2v) is 11.6. The second-order valence-electron chi connectivity index (χ2n) is 11.6. The molecule has 2 atom stereocenters. The van der Waals surface area contributed by atoms with Crippen molar-refractivity contribution in [3.63, 3.8) is 0 Å². The van der Waals surface area contributed by atoms with Crippen LogP contribution in [0.5, 0.6) is 0 Å². The summed E-state index contributed by atoms with van der Waals surface area (Å²) in [6, 6.07) is 24.6. The predicted molar refractivity (Wildman–Crippen MR) is 185 cm³/mol. The molecule has 42 heavy (non-hydrogen) atoms. The van der Waals surface area contributed by atoms with E-state index in [2.05, 4.69) is 145 Å². The van der Waals surface area contributed by atoms with Gasteiger partial charge in [-0.2, -0.15) is 0 Å². The Balaban J connectivity index is 0.000000290. The summed E-state index contributed by atoms with van der Waals surface area (Å²) < 4.78 is 2.32. The average molecular weight is 567 g/mol. The SMILES string of the molecule is C=C(c1ccc(C)cc1)n1c(C)c(CC)c2cc(CC)ccc21.C=O.CCc1cccc([C@@H](CC)C(C)CN(C)C)c1. The van der Waals surface area contributed by atoms with Crippen LogP contribution in [-0.2, 0) is 24.1 Å². The molecule has 3 heteroatoms. The number of hydrogen-bond acceptors (Lipinski definition) is 2. The number of benzene rings is 3. The van der Waals surface area contributed by atoms with E-state index in [4.69, 9.17) is 4.79 Å². The highest BCUT2D eigenvalue weighted by Crippen LogP contribution is 2.32. The maximum atomic E-state index is 8.00. The van der Waals surface area contributed by atoms with Crippen LogP contribution in [0.3, 0.4) is 0 Å². The molecule has 0 amide bonds. The fourth-order valence-corrected chi connectivity index (χ4v) is 6.13. The van der Waals surface area contributed by atoms with Gasteiger partial charge in [0, 0.05) is 23.3 Å². The van der Waals surface area contributed by atoms with Gasteiger partial charge in [0.1, 0.15) is 6.79 Å². The monoisotopic (exact) mass is 566 g/mol. The van der Waals surface area contributed by atoms with Crippen molar-refractivity contribution in [3.8, 4) is 0 Å². The van der Waals surface area contributed by atoms with Crippen molar-refractivity contribution in [2.24, 2.45) is 5.92 Å². The second kappa shape index (κ2) is 16.9. The highest BCUT2D eigenvalue weighted by molar-refractivity contribution is 5.90. The average Bonchev–Trinajstić information content (AvgIpc) is 3.28. The number of carbonyl (C=O) groups excluding carboxylic acids is 1. The van der Waals surface area contributed by atoms with E-state index >= 15 is 0 Å². The molecule has 4 aromatic rings. The quantitative estimate of drug-likeness (QED) is 0.191. The summed E-state index contributed by atoms with van der Waals surface area (Å²) in [6.07, 6.45) is 4.47. The first-order chi connectivity index (χ1) is 20.1. The number of aryl methyl sites for hydroxylation is 4. The van der Waals surface area contributed by atoms with Gasteiger partial charge in [0.2, 0.25) is 0 Å². The van der Waals surface area contributed by atoms with Gasteiger partial charge in [-0.05, 0) is 105 Å². The lowest BCUT2D eigenvalue weighted by Crippen LogP contribution is -2.24. The van der Waals surface area contributed by atoms with Crippen molar-refractivity contribution in [2.75, 3.05) is 20.6 Å². The first-order valence-corrected chi connectivity index (χ1v) is 15.6. The van der Waals surface area contributed by atoms with Crippen molar-refractivity contribution >= 4 is 23.4 Å². The lowest BCUT2D eigenvalue weighted by atomic mass is 9.84. The topological polar surface area (TPSA) is 25.2 Å². The Morgan fingerprint density at radius 3 is 2.00 bits per heavy atom. The van der Waals surface area contributed by atoms with Gasteiger partial charge in [-0.15, -0.1) is 0 Å². The zero-order valence-corrected chi connectivity index (χ0v) is 27.8. The van der Waals surface area contributed by atoms with Crippen molar-refractivity contribution in [3.05, 3.63) is 112 Å². The normalized spacial score (nSPS) is 12.2. The molecule has 0 spiro atoms. The third-order valence-corrected chi connectivity index (χ3v) is 8.38. The molecule has 0 fully saturated rings. The van der Waals surface area contributed by atoms with Gasteiger partial charge in [0.15, 0.2) is 0 Å². The highest BCUT2D eigenvalue weighted by Gasteiger charge is 2.18. The van der Waals surface area contributed by atoms with E-state index in [1.54, 1.807) is 0 Å². The summed E-state index contributed by atoms with van der Waals surface area (Å²) in [7, 11) is 4.32. The number of nitrogens with zero attached hydrogens (tertiary/aromatic N) is 2. The Kier molecular flexibility index (Phi) is 14.0. The fourth-order valence-electron chi connectivity index (χ4n) is 6.13. The third-order valence-electron chi connectivity index (χ3n) is 8.38. The van der Waals surface area contributed by atoms with Crippen LogP contribution in [0.25, 0.3) is 16.6 Å². The van der Waals surface area contributed by atoms with Crippen LogP contribution < -0.4 is 0 Å². The molecule has 0 aliphatic heterocycles.